The normalized spacial score (nSPS) is 28.1. The van der Waals surface area contributed by atoms with Crippen LogP contribution < -0.4 is 0 Å². The van der Waals surface area contributed by atoms with Gasteiger partial charge in [0.05, 0.1) is 0 Å². The van der Waals surface area contributed by atoms with E-state index in [1.54, 1.807) is 0 Å². The molecule has 0 amide bonds. The van der Waals surface area contributed by atoms with Gasteiger partial charge in [-0.3, -0.25) is 4.90 Å². The molecule has 0 aromatic carbocycles. The van der Waals surface area contributed by atoms with Gasteiger partial charge in [0.15, 0.2) is 0 Å². The summed E-state index contributed by atoms with van der Waals surface area (Å²) >= 11 is 0. The van der Waals surface area contributed by atoms with E-state index in [2.05, 4.69) is 24.0 Å². The average molecular weight is 263 g/mol. The topological polar surface area (TPSA) is 3.24 Å². The van der Waals surface area contributed by atoms with Crippen molar-refractivity contribution in [2.75, 3.05) is 6.54 Å². The highest BCUT2D eigenvalue weighted by Gasteiger charge is 2.32. The molecule has 1 heteroatoms. The van der Waals surface area contributed by atoms with Crippen molar-refractivity contribution in [1.82, 2.24) is 4.90 Å². The predicted molar refractivity (Wildman–Crippen MR) is 84.5 cm³/mol. The number of piperidine rings is 1. The van der Waals surface area contributed by atoms with Gasteiger partial charge < -0.3 is 0 Å². The molecule has 2 aliphatic heterocycles. The zero-order valence-electron chi connectivity index (χ0n) is 12.9. The first kappa shape index (κ1) is 15.1. The zero-order chi connectivity index (χ0) is 13.3. The molecule has 19 heavy (non-hydrogen) atoms. The Labute approximate surface area is 120 Å². The van der Waals surface area contributed by atoms with E-state index in [1.807, 2.05) is 0 Å². The van der Waals surface area contributed by atoms with E-state index in [9.17, 15) is 0 Å². The monoisotopic (exact) mass is 263 g/mol. The number of hydrogen-bond donors (Lipinski definition) is 0. The van der Waals surface area contributed by atoms with Gasteiger partial charge in [0, 0.05) is 12.1 Å². The molecule has 0 radical (unpaired) electrons. The average Bonchev–Trinajstić information content (AvgIpc) is 2.91. The third-order valence-electron chi connectivity index (χ3n) is 5.02. The number of allylic oxidation sites excluding steroid dienone is 1. The van der Waals surface area contributed by atoms with E-state index in [-0.39, 0.29) is 0 Å². The van der Waals surface area contributed by atoms with Gasteiger partial charge in [-0.2, -0.15) is 0 Å². The summed E-state index contributed by atoms with van der Waals surface area (Å²) in [6.07, 6.45) is 21.9. The maximum absolute atomic E-state index is 2.81. The summed E-state index contributed by atoms with van der Waals surface area (Å²) in [7, 11) is 0. The summed E-state index contributed by atoms with van der Waals surface area (Å²) in [4.78, 5) is 2.81. The van der Waals surface area contributed by atoms with Crippen molar-refractivity contribution < 1.29 is 0 Å². The zero-order valence-corrected chi connectivity index (χ0v) is 12.9. The molecule has 0 spiro atoms. The lowest BCUT2D eigenvalue weighted by Crippen LogP contribution is -2.42. The Balaban J connectivity index is 1.56. The van der Waals surface area contributed by atoms with Gasteiger partial charge in [-0.15, -0.1) is 0 Å². The number of rotatable bonds is 8. The lowest BCUT2D eigenvalue weighted by Gasteiger charge is -2.37. The lowest BCUT2D eigenvalue weighted by atomic mass is 9.94. The first-order valence-corrected chi connectivity index (χ1v) is 8.82. The number of hydrogen-bond acceptors (Lipinski definition) is 1. The van der Waals surface area contributed by atoms with Crippen molar-refractivity contribution >= 4 is 0 Å². The van der Waals surface area contributed by atoms with Crippen LogP contribution in [0.4, 0.5) is 0 Å². The molecule has 0 aromatic rings. The minimum absolute atomic E-state index is 0.873. The highest BCUT2D eigenvalue weighted by Crippen LogP contribution is 2.32. The molecule has 0 saturated carbocycles. The second-order valence-corrected chi connectivity index (χ2v) is 6.53. The van der Waals surface area contributed by atoms with Crippen molar-refractivity contribution in [3.05, 3.63) is 12.2 Å². The van der Waals surface area contributed by atoms with Crippen molar-refractivity contribution in [1.29, 1.82) is 0 Å². The van der Waals surface area contributed by atoms with E-state index in [1.165, 1.54) is 83.6 Å². The van der Waals surface area contributed by atoms with Crippen molar-refractivity contribution in [2.24, 2.45) is 0 Å². The van der Waals surface area contributed by atoms with Crippen LogP contribution in [0.2, 0.25) is 0 Å². The van der Waals surface area contributed by atoms with Crippen molar-refractivity contribution in [2.45, 2.75) is 96.1 Å². The molecule has 2 saturated heterocycles. The van der Waals surface area contributed by atoms with Crippen LogP contribution in [0.5, 0.6) is 0 Å². The molecule has 2 heterocycles. The first-order valence-electron chi connectivity index (χ1n) is 8.82. The molecule has 0 aliphatic carbocycles. The molecule has 2 rings (SSSR count). The Kier molecular flexibility index (Phi) is 6.98. The fraction of sp³-hybridized carbons (Fsp3) is 0.889. The fourth-order valence-electron chi connectivity index (χ4n) is 3.89. The first-order chi connectivity index (χ1) is 9.42. The van der Waals surface area contributed by atoms with Gasteiger partial charge in [0.2, 0.25) is 0 Å². The highest BCUT2D eigenvalue weighted by atomic mass is 15.2. The smallest absolute Gasteiger partial charge is 0.0133 e. The molecule has 0 bridgehead atoms. The quantitative estimate of drug-likeness (QED) is 0.424. The minimum atomic E-state index is 0.873. The Morgan fingerprint density at radius 2 is 1.79 bits per heavy atom. The van der Waals surface area contributed by atoms with Crippen LogP contribution in [0.1, 0.15) is 84.0 Å². The molecule has 0 N–H and O–H groups in total. The second-order valence-electron chi connectivity index (χ2n) is 6.53. The summed E-state index contributed by atoms with van der Waals surface area (Å²) in [5.41, 5.74) is 0. The largest absolute Gasteiger partial charge is 0.297 e. The molecule has 0 unspecified atom stereocenters. The second kappa shape index (κ2) is 8.79. The molecule has 110 valence electrons. The van der Waals surface area contributed by atoms with Gasteiger partial charge in [0.1, 0.15) is 0 Å². The Morgan fingerprint density at radius 3 is 2.68 bits per heavy atom. The molecule has 0 aromatic heterocycles. The number of fused-ring (bicyclic) bond motifs is 1. The van der Waals surface area contributed by atoms with E-state index in [0.29, 0.717) is 0 Å². The van der Waals surface area contributed by atoms with Crippen LogP contribution >= 0.6 is 0 Å². The van der Waals surface area contributed by atoms with E-state index >= 15 is 0 Å². The molecular weight excluding hydrogens is 230 g/mol. The highest BCUT2D eigenvalue weighted by molar-refractivity contribution is 4.94. The van der Waals surface area contributed by atoms with Gasteiger partial charge in [-0.25, -0.2) is 0 Å². The van der Waals surface area contributed by atoms with Crippen LogP contribution in [-0.4, -0.2) is 23.5 Å². The van der Waals surface area contributed by atoms with E-state index in [0.717, 1.165) is 12.1 Å². The number of unbranched alkanes of at least 4 members (excludes halogenated alkanes) is 5. The predicted octanol–water partition coefficient (Wildman–Crippen LogP) is 5.31. The third-order valence-corrected chi connectivity index (χ3v) is 5.02. The fourth-order valence-corrected chi connectivity index (χ4v) is 3.89. The summed E-state index contributed by atoms with van der Waals surface area (Å²) < 4.78 is 0. The number of nitrogens with zero attached hydrogens (tertiary/aromatic N) is 1. The molecule has 2 atom stereocenters. The lowest BCUT2D eigenvalue weighted by molar-refractivity contribution is 0.124. The Bertz CT molecular complexity index is 258. The Hall–Kier alpha value is -0.300. The third kappa shape index (κ3) is 4.95. The van der Waals surface area contributed by atoms with Crippen molar-refractivity contribution in [3.63, 3.8) is 0 Å². The molecule has 2 aliphatic rings. The Morgan fingerprint density at radius 1 is 0.947 bits per heavy atom. The van der Waals surface area contributed by atoms with E-state index < -0.39 is 0 Å². The maximum atomic E-state index is 2.81. The SMILES string of the molecule is CCCCCCC/C=C/C[C@@H]1CCC[C@@H]2CCCN21. The summed E-state index contributed by atoms with van der Waals surface area (Å²) in [5, 5.41) is 0. The van der Waals surface area contributed by atoms with Crippen LogP contribution in [0.25, 0.3) is 0 Å². The van der Waals surface area contributed by atoms with Gasteiger partial charge in [-0.1, -0.05) is 51.2 Å². The van der Waals surface area contributed by atoms with Gasteiger partial charge in [-0.05, 0) is 51.5 Å². The van der Waals surface area contributed by atoms with Gasteiger partial charge in [0.25, 0.3) is 0 Å². The van der Waals surface area contributed by atoms with Crippen LogP contribution in [0, 0.1) is 0 Å². The molecular formula is C18H33N. The summed E-state index contributed by atoms with van der Waals surface area (Å²) in [5.74, 6) is 0. The summed E-state index contributed by atoms with van der Waals surface area (Å²) in [6, 6.07) is 1.82. The molecule has 2 fully saturated rings. The standard InChI is InChI=1S/C18H33N/c1-2-3-4-5-6-7-8-9-12-17-13-10-14-18-15-11-16-19(17)18/h8-9,17-18H,2-7,10-16H2,1H3/b9-8+/t17-,18-/m1/s1. The van der Waals surface area contributed by atoms with Gasteiger partial charge >= 0.3 is 0 Å². The van der Waals surface area contributed by atoms with Crippen LogP contribution in [0.3, 0.4) is 0 Å². The van der Waals surface area contributed by atoms with E-state index in [4.69, 9.17) is 0 Å². The summed E-state index contributed by atoms with van der Waals surface area (Å²) in [6.45, 7) is 3.66. The van der Waals surface area contributed by atoms with Crippen molar-refractivity contribution in [3.8, 4) is 0 Å². The maximum Gasteiger partial charge on any atom is 0.0133 e. The minimum Gasteiger partial charge on any atom is -0.297 e. The van der Waals surface area contributed by atoms with Crippen LogP contribution in [0.15, 0.2) is 12.2 Å². The molecule has 1 nitrogen and oxygen atoms in total. The van der Waals surface area contributed by atoms with Crippen LogP contribution in [-0.2, 0) is 0 Å².